The highest BCUT2D eigenvalue weighted by Gasteiger charge is 2.29. The molecule has 0 spiro atoms. The topological polar surface area (TPSA) is 107 Å². The number of benzene rings is 3. The summed E-state index contributed by atoms with van der Waals surface area (Å²) in [6.07, 6.45) is 2.32. The summed E-state index contributed by atoms with van der Waals surface area (Å²) in [6, 6.07) is 19.8. The van der Waals surface area contributed by atoms with Crippen LogP contribution >= 0.6 is 0 Å². The number of hydrogen-bond donors (Lipinski definition) is 1. The Bertz CT molecular complexity index is 1310. The summed E-state index contributed by atoms with van der Waals surface area (Å²) in [6.45, 7) is 4.42. The molecule has 0 fully saturated rings. The van der Waals surface area contributed by atoms with Crippen molar-refractivity contribution in [3.8, 4) is 17.2 Å². The molecule has 0 atom stereocenters. The second kappa shape index (κ2) is 13.3. The van der Waals surface area contributed by atoms with Crippen LogP contribution in [0.3, 0.4) is 0 Å². The molecule has 3 aromatic rings. The number of anilines is 1. The fourth-order valence-corrected chi connectivity index (χ4v) is 4.86. The van der Waals surface area contributed by atoms with Crippen molar-refractivity contribution in [2.45, 2.75) is 25.2 Å². The molecule has 0 bridgehead atoms. The second-order valence-corrected chi connectivity index (χ2v) is 9.64. The van der Waals surface area contributed by atoms with Gasteiger partial charge in [0.05, 0.1) is 37.1 Å². The Kier molecular flexibility index (Phi) is 9.91. The highest BCUT2D eigenvalue weighted by Crippen LogP contribution is 2.32. The zero-order valence-electron chi connectivity index (χ0n) is 21.1. The van der Waals surface area contributed by atoms with Crippen molar-refractivity contribution in [2.24, 2.45) is 5.10 Å². The van der Waals surface area contributed by atoms with Gasteiger partial charge in [-0.2, -0.15) is 5.10 Å². The summed E-state index contributed by atoms with van der Waals surface area (Å²) in [5.41, 5.74) is 3.31. The van der Waals surface area contributed by atoms with Gasteiger partial charge in [-0.25, -0.2) is 13.8 Å². The molecule has 0 saturated carbocycles. The third-order valence-electron chi connectivity index (χ3n) is 5.10. The first-order chi connectivity index (χ1) is 17.9. The van der Waals surface area contributed by atoms with E-state index in [0.717, 1.165) is 10.7 Å². The van der Waals surface area contributed by atoms with Crippen LogP contribution in [0.2, 0.25) is 0 Å². The molecule has 0 unspecified atom stereocenters. The van der Waals surface area contributed by atoms with Crippen molar-refractivity contribution in [1.82, 2.24) is 5.43 Å². The zero-order valence-corrected chi connectivity index (χ0v) is 21.9. The summed E-state index contributed by atoms with van der Waals surface area (Å²) in [7, 11) is -2.64. The number of hydrogen-bond acceptors (Lipinski definition) is 7. The average Bonchev–Trinajstić information content (AvgIpc) is 2.92. The Labute approximate surface area is 217 Å². The smallest absolute Gasteiger partial charge is 0.264 e. The highest BCUT2D eigenvalue weighted by molar-refractivity contribution is 7.92. The molecule has 1 amide bonds. The van der Waals surface area contributed by atoms with Gasteiger partial charge in [-0.05, 0) is 61.4 Å². The van der Waals surface area contributed by atoms with Crippen molar-refractivity contribution >= 4 is 27.8 Å². The van der Waals surface area contributed by atoms with E-state index < -0.39 is 22.5 Å². The molecule has 1 N–H and O–H groups in total. The van der Waals surface area contributed by atoms with E-state index in [1.807, 2.05) is 13.8 Å². The third kappa shape index (κ3) is 7.23. The zero-order chi connectivity index (χ0) is 26.7. The first kappa shape index (κ1) is 27.5. The Morgan fingerprint density at radius 3 is 2.38 bits per heavy atom. The van der Waals surface area contributed by atoms with E-state index in [9.17, 15) is 13.2 Å². The fraction of sp³-hybridized carbons (Fsp3) is 0.259. The lowest BCUT2D eigenvalue weighted by Crippen LogP contribution is -2.39. The lowest BCUT2D eigenvalue weighted by atomic mass is 10.2. The van der Waals surface area contributed by atoms with Gasteiger partial charge in [-0.15, -0.1) is 0 Å². The molecule has 0 aliphatic carbocycles. The van der Waals surface area contributed by atoms with Crippen LogP contribution in [0.5, 0.6) is 17.2 Å². The minimum absolute atomic E-state index is 0.0473. The van der Waals surface area contributed by atoms with Crippen molar-refractivity contribution < 1.29 is 27.4 Å². The average molecular weight is 526 g/mol. The van der Waals surface area contributed by atoms with Gasteiger partial charge in [0.15, 0.2) is 11.5 Å². The first-order valence-corrected chi connectivity index (χ1v) is 13.3. The second-order valence-electron chi connectivity index (χ2n) is 7.78. The minimum atomic E-state index is -4.07. The molecule has 9 nitrogen and oxygen atoms in total. The molecular weight excluding hydrogens is 494 g/mol. The maximum absolute atomic E-state index is 13.5. The van der Waals surface area contributed by atoms with Gasteiger partial charge in [0.25, 0.3) is 15.9 Å². The lowest BCUT2D eigenvalue weighted by molar-refractivity contribution is -0.119. The highest BCUT2D eigenvalue weighted by atomic mass is 32.2. The monoisotopic (exact) mass is 525 g/mol. The SMILES string of the molecule is CCCOc1ccc(C=NNC(=O)CN(c2ccccc2OC)S(=O)(=O)c2ccccc2)cc1OCC. The quantitative estimate of drug-likeness (QED) is 0.264. The van der Waals surface area contributed by atoms with E-state index in [1.165, 1.54) is 25.5 Å². The molecule has 0 radical (unpaired) electrons. The number of nitrogens with one attached hydrogen (secondary N) is 1. The van der Waals surface area contributed by atoms with Crippen molar-refractivity contribution in [1.29, 1.82) is 0 Å². The lowest BCUT2D eigenvalue weighted by Gasteiger charge is -2.25. The molecule has 0 aliphatic rings. The molecule has 0 aromatic heterocycles. The molecule has 0 saturated heterocycles. The van der Waals surface area contributed by atoms with E-state index in [1.54, 1.807) is 60.7 Å². The molecule has 3 aromatic carbocycles. The van der Waals surface area contributed by atoms with Crippen LogP contribution in [0.25, 0.3) is 0 Å². The van der Waals surface area contributed by atoms with Crippen LogP contribution in [0, 0.1) is 0 Å². The number of sulfonamides is 1. The third-order valence-corrected chi connectivity index (χ3v) is 6.88. The fourth-order valence-electron chi connectivity index (χ4n) is 3.40. The number of nitrogens with zero attached hydrogens (tertiary/aromatic N) is 2. The predicted molar refractivity (Wildman–Crippen MR) is 143 cm³/mol. The predicted octanol–water partition coefficient (Wildman–Crippen LogP) is 4.23. The van der Waals surface area contributed by atoms with Crippen LogP contribution in [0.15, 0.2) is 82.8 Å². The van der Waals surface area contributed by atoms with Crippen LogP contribution in [-0.4, -0.2) is 47.4 Å². The molecule has 0 aliphatic heterocycles. The van der Waals surface area contributed by atoms with Gasteiger partial charge < -0.3 is 14.2 Å². The number of methoxy groups -OCH3 is 1. The van der Waals surface area contributed by atoms with Crippen LogP contribution in [0.1, 0.15) is 25.8 Å². The summed E-state index contributed by atoms with van der Waals surface area (Å²) in [5, 5.41) is 4.01. The molecule has 196 valence electrons. The largest absolute Gasteiger partial charge is 0.495 e. The Balaban J connectivity index is 1.80. The number of para-hydroxylation sites is 2. The molecular formula is C27H31N3O6S. The number of rotatable bonds is 13. The number of amides is 1. The number of ether oxygens (including phenoxy) is 3. The van der Waals surface area contributed by atoms with E-state index in [-0.39, 0.29) is 10.6 Å². The van der Waals surface area contributed by atoms with Gasteiger partial charge in [0.2, 0.25) is 0 Å². The van der Waals surface area contributed by atoms with Crippen LogP contribution < -0.4 is 23.9 Å². The van der Waals surface area contributed by atoms with Gasteiger partial charge in [0.1, 0.15) is 12.3 Å². The van der Waals surface area contributed by atoms with Crippen molar-refractivity contribution in [2.75, 3.05) is 31.2 Å². The maximum atomic E-state index is 13.5. The van der Waals surface area contributed by atoms with Crippen molar-refractivity contribution in [3.05, 3.63) is 78.4 Å². The molecule has 37 heavy (non-hydrogen) atoms. The number of carbonyl (C=O) groups is 1. The van der Waals surface area contributed by atoms with E-state index in [4.69, 9.17) is 14.2 Å². The Morgan fingerprint density at radius 1 is 0.946 bits per heavy atom. The molecule has 0 heterocycles. The van der Waals surface area contributed by atoms with Crippen LogP contribution in [0.4, 0.5) is 5.69 Å². The van der Waals surface area contributed by atoms with Gasteiger partial charge >= 0.3 is 0 Å². The molecule has 10 heteroatoms. The van der Waals surface area contributed by atoms with Gasteiger partial charge in [-0.3, -0.25) is 9.10 Å². The Morgan fingerprint density at radius 2 is 1.68 bits per heavy atom. The summed E-state index contributed by atoms with van der Waals surface area (Å²) in [5.74, 6) is 0.882. The number of hydrazone groups is 1. The normalized spacial score (nSPS) is 11.2. The van der Waals surface area contributed by atoms with E-state index >= 15 is 0 Å². The van der Waals surface area contributed by atoms with Gasteiger partial charge in [-0.1, -0.05) is 37.3 Å². The summed E-state index contributed by atoms with van der Waals surface area (Å²) < 4.78 is 44.6. The standard InChI is InChI=1S/C27H31N3O6S/c1-4-17-36-25-16-15-21(18-26(25)35-5-2)19-28-29-27(31)20-30(23-13-9-10-14-24(23)34-3)37(32,33)22-11-7-6-8-12-22/h6-16,18-19H,4-5,17,20H2,1-3H3,(H,29,31). The summed E-state index contributed by atoms with van der Waals surface area (Å²) >= 11 is 0. The Hall–Kier alpha value is -4.05. The van der Waals surface area contributed by atoms with E-state index in [2.05, 4.69) is 10.5 Å². The van der Waals surface area contributed by atoms with E-state index in [0.29, 0.717) is 36.0 Å². The minimum Gasteiger partial charge on any atom is -0.495 e. The van der Waals surface area contributed by atoms with Crippen LogP contribution in [-0.2, 0) is 14.8 Å². The van der Waals surface area contributed by atoms with Gasteiger partial charge in [0, 0.05) is 0 Å². The summed E-state index contributed by atoms with van der Waals surface area (Å²) in [4.78, 5) is 12.9. The number of carbonyl (C=O) groups excluding carboxylic acids is 1. The molecule has 3 rings (SSSR count). The van der Waals surface area contributed by atoms with Crippen molar-refractivity contribution in [3.63, 3.8) is 0 Å². The first-order valence-electron chi connectivity index (χ1n) is 11.8. The maximum Gasteiger partial charge on any atom is 0.264 e.